The highest BCUT2D eigenvalue weighted by Gasteiger charge is 2.10. The third-order valence-electron chi connectivity index (χ3n) is 2.19. The molecular weight excluding hydrogens is 284 g/mol. The Kier molecular flexibility index (Phi) is 3.23. The monoisotopic (exact) mass is 294 g/mol. The van der Waals surface area contributed by atoms with E-state index in [9.17, 15) is 4.79 Å². The number of pyridine rings is 1. The van der Waals surface area contributed by atoms with Crippen molar-refractivity contribution in [2.45, 2.75) is 6.92 Å². The number of amides is 1. The molecule has 6 heteroatoms. The van der Waals surface area contributed by atoms with Gasteiger partial charge >= 0.3 is 0 Å². The Morgan fingerprint density at radius 2 is 2.24 bits per heavy atom. The van der Waals surface area contributed by atoms with Gasteiger partial charge in [0.15, 0.2) is 0 Å². The van der Waals surface area contributed by atoms with Crippen LogP contribution >= 0.6 is 15.9 Å². The molecule has 1 N–H and O–H groups in total. The lowest BCUT2D eigenvalue weighted by atomic mass is 10.3. The van der Waals surface area contributed by atoms with E-state index in [0.29, 0.717) is 16.1 Å². The van der Waals surface area contributed by atoms with Crippen LogP contribution in [0.25, 0.3) is 0 Å². The second-order valence-electron chi connectivity index (χ2n) is 3.59. The van der Waals surface area contributed by atoms with Gasteiger partial charge in [0, 0.05) is 13.1 Å². The lowest BCUT2D eigenvalue weighted by molar-refractivity contribution is 0.102. The number of rotatable bonds is 2. The minimum absolute atomic E-state index is 0.255. The van der Waals surface area contributed by atoms with Crippen molar-refractivity contribution in [3.8, 4) is 0 Å². The van der Waals surface area contributed by atoms with E-state index < -0.39 is 0 Å². The summed E-state index contributed by atoms with van der Waals surface area (Å²) in [6.07, 6.45) is 0. The van der Waals surface area contributed by atoms with Crippen molar-refractivity contribution >= 4 is 27.7 Å². The number of aryl methyl sites for hydroxylation is 2. The zero-order valence-corrected chi connectivity index (χ0v) is 11.0. The summed E-state index contributed by atoms with van der Waals surface area (Å²) in [6.45, 7) is 1.87. The largest absolute Gasteiger partial charge is 0.305 e. The Morgan fingerprint density at radius 3 is 2.82 bits per heavy atom. The average Bonchev–Trinajstić information content (AvgIpc) is 2.57. The number of aromatic nitrogens is 3. The number of nitrogens with zero attached hydrogens (tertiary/aromatic N) is 3. The Balaban J connectivity index is 2.20. The first-order chi connectivity index (χ1) is 8.06. The number of carbonyl (C=O) groups excluding carboxylic acids is 1. The lowest BCUT2D eigenvalue weighted by Gasteiger charge is -2.04. The minimum atomic E-state index is -0.255. The Labute approximate surface area is 107 Å². The highest BCUT2D eigenvalue weighted by Crippen LogP contribution is 2.11. The molecule has 0 unspecified atom stereocenters. The topological polar surface area (TPSA) is 59.8 Å². The van der Waals surface area contributed by atoms with Crippen molar-refractivity contribution < 1.29 is 4.79 Å². The second kappa shape index (κ2) is 4.67. The molecule has 0 saturated heterocycles. The van der Waals surface area contributed by atoms with E-state index in [1.165, 1.54) is 0 Å². The zero-order valence-electron chi connectivity index (χ0n) is 9.44. The van der Waals surface area contributed by atoms with Gasteiger partial charge in [-0.25, -0.2) is 4.98 Å². The SMILES string of the molecule is Cc1cc(NC(=O)c2cccc(Br)n2)n(C)n1. The van der Waals surface area contributed by atoms with E-state index in [1.807, 2.05) is 6.92 Å². The number of anilines is 1. The van der Waals surface area contributed by atoms with Gasteiger partial charge in [-0.1, -0.05) is 6.07 Å². The maximum Gasteiger partial charge on any atom is 0.275 e. The molecule has 0 saturated carbocycles. The van der Waals surface area contributed by atoms with Gasteiger partial charge in [0.1, 0.15) is 16.1 Å². The van der Waals surface area contributed by atoms with E-state index in [4.69, 9.17) is 0 Å². The quantitative estimate of drug-likeness (QED) is 0.863. The molecule has 0 aliphatic carbocycles. The molecule has 2 aromatic heterocycles. The molecule has 0 fully saturated rings. The van der Waals surface area contributed by atoms with Gasteiger partial charge in [-0.3, -0.25) is 9.48 Å². The first-order valence-corrected chi connectivity index (χ1v) is 5.80. The van der Waals surface area contributed by atoms with Crippen molar-refractivity contribution in [1.82, 2.24) is 14.8 Å². The summed E-state index contributed by atoms with van der Waals surface area (Å²) in [5.41, 5.74) is 1.21. The maximum absolute atomic E-state index is 11.9. The van der Waals surface area contributed by atoms with Gasteiger partial charge < -0.3 is 5.32 Å². The fraction of sp³-hybridized carbons (Fsp3) is 0.182. The van der Waals surface area contributed by atoms with Gasteiger partial charge in [0.25, 0.3) is 5.91 Å². The summed E-state index contributed by atoms with van der Waals surface area (Å²) in [4.78, 5) is 16.0. The van der Waals surface area contributed by atoms with Crippen LogP contribution in [0.15, 0.2) is 28.9 Å². The van der Waals surface area contributed by atoms with Crippen molar-refractivity contribution in [2.24, 2.45) is 7.05 Å². The third-order valence-corrected chi connectivity index (χ3v) is 2.63. The van der Waals surface area contributed by atoms with Crippen LogP contribution < -0.4 is 5.32 Å². The van der Waals surface area contributed by atoms with E-state index in [1.54, 1.807) is 36.0 Å². The molecule has 2 heterocycles. The summed E-state index contributed by atoms with van der Waals surface area (Å²) in [5, 5.41) is 6.90. The molecule has 0 atom stereocenters. The highest BCUT2D eigenvalue weighted by atomic mass is 79.9. The Morgan fingerprint density at radius 1 is 1.47 bits per heavy atom. The molecule has 0 aliphatic heterocycles. The normalized spacial score (nSPS) is 10.3. The van der Waals surface area contributed by atoms with Crippen molar-refractivity contribution in [1.29, 1.82) is 0 Å². The minimum Gasteiger partial charge on any atom is -0.305 e. The molecule has 0 bridgehead atoms. The fourth-order valence-electron chi connectivity index (χ4n) is 1.44. The van der Waals surface area contributed by atoms with E-state index >= 15 is 0 Å². The van der Waals surface area contributed by atoms with Crippen LogP contribution in [0, 0.1) is 6.92 Å². The molecule has 0 aliphatic rings. The molecule has 88 valence electrons. The Hall–Kier alpha value is -1.69. The van der Waals surface area contributed by atoms with Gasteiger partial charge in [0.05, 0.1) is 5.69 Å². The molecule has 0 radical (unpaired) electrons. The molecule has 5 nitrogen and oxygen atoms in total. The predicted molar refractivity (Wildman–Crippen MR) is 67.8 cm³/mol. The van der Waals surface area contributed by atoms with Crippen molar-refractivity contribution in [3.05, 3.63) is 40.3 Å². The first-order valence-electron chi connectivity index (χ1n) is 5.01. The molecule has 1 amide bonds. The van der Waals surface area contributed by atoms with Crippen LogP contribution in [0.4, 0.5) is 5.82 Å². The average molecular weight is 295 g/mol. The third kappa shape index (κ3) is 2.71. The zero-order chi connectivity index (χ0) is 12.4. The molecule has 0 spiro atoms. The van der Waals surface area contributed by atoms with E-state index in [0.717, 1.165) is 5.69 Å². The van der Waals surface area contributed by atoms with Gasteiger partial charge in [-0.15, -0.1) is 0 Å². The molecule has 2 rings (SSSR count). The molecular formula is C11H11BrN4O. The van der Waals surface area contributed by atoms with E-state index in [-0.39, 0.29) is 5.91 Å². The predicted octanol–water partition coefficient (Wildman–Crippen LogP) is 2.14. The van der Waals surface area contributed by atoms with E-state index in [2.05, 4.69) is 31.3 Å². The maximum atomic E-state index is 11.9. The van der Waals surface area contributed by atoms with Crippen molar-refractivity contribution in [3.63, 3.8) is 0 Å². The molecule has 2 aromatic rings. The first kappa shape index (κ1) is 11.8. The van der Waals surface area contributed by atoms with Gasteiger partial charge in [-0.05, 0) is 35.0 Å². The van der Waals surface area contributed by atoms with Gasteiger partial charge in [0.2, 0.25) is 0 Å². The molecule has 17 heavy (non-hydrogen) atoms. The van der Waals surface area contributed by atoms with Crippen LogP contribution in [-0.4, -0.2) is 20.7 Å². The van der Waals surface area contributed by atoms with Crippen LogP contribution in [0.5, 0.6) is 0 Å². The lowest BCUT2D eigenvalue weighted by Crippen LogP contribution is -2.15. The number of halogens is 1. The Bertz CT molecular complexity index is 564. The standard InChI is InChI=1S/C11H11BrN4O/c1-7-6-10(16(2)15-7)14-11(17)8-4-3-5-9(12)13-8/h3-6H,1-2H3,(H,14,17). The van der Waals surface area contributed by atoms with Crippen LogP contribution in [0.1, 0.15) is 16.2 Å². The summed E-state index contributed by atoms with van der Waals surface area (Å²) in [7, 11) is 1.77. The van der Waals surface area contributed by atoms with Crippen LogP contribution in [-0.2, 0) is 7.05 Å². The summed E-state index contributed by atoms with van der Waals surface area (Å²) < 4.78 is 2.25. The van der Waals surface area contributed by atoms with Crippen molar-refractivity contribution in [2.75, 3.05) is 5.32 Å². The van der Waals surface area contributed by atoms with Gasteiger partial charge in [-0.2, -0.15) is 5.10 Å². The van der Waals surface area contributed by atoms with Crippen LogP contribution in [0.3, 0.4) is 0 Å². The fourth-order valence-corrected chi connectivity index (χ4v) is 1.79. The summed E-state index contributed by atoms with van der Waals surface area (Å²) in [5.74, 6) is 0.392. The number of hydrogen-bond acceptors (Lipinski definition) is 3. The number of carbonyl (C=O) groups is 1. The second-order valence-corrected chi connectivity index (χ2v) is 4.41. The molecule has 0 aromatic carbocycles. The smallest absolute Gasteiger partial charge is 0.275 e. The van der Waals surface area contributed by atoms with Crippen LogP contribution in [0.2, 0.25) is 0 Å². The summed E-state index contributed by atoms with van der Waals surface area (Å²) in [6, 6.07) is 6.99. The number of hydrogen-bond donors (Lipinski definition) is 1. The highest BCUT2D eigenvalue weighted by molar-refractivity contribution is 9.10. The summed E-state index contributed by atoms with van der Waals surface area (Å²) >= 11 is 3.23. The number of nitrogens with one attached hydrogen (secondary N) is 1.